The molecule has 1 heterocycles. The number of carboxylic acid groups (broad SMARTS) is 1. The van der Waals surface area contributed by atoms with E-state index < -0.39 is 193 Å². The summed E-state index contributed by atoms with van der Waals surface area (Å²) in [5.74, 6) is -19.5. The smallest absolute Gasteiger partial charge is 0.318 e. The standard InChI is InChI=1S/C63H91N11O19S/c1-32(2)20-33(3)48(80)26-39(24-37-12-16-42(78)17-13-37)59(89)70-44(8-6-18-68-63(66)67)49(81)21-34(4)56(86)71-45(28-52(64)84)50(82)22-35(5)57(87)73-53(54(94)62(92)93)51(83)27-40(30-75)61(91)74-19-7-9-47(74)60(90)69-29-43(79)25-38(23-36-10-14-41(77)15-11-36)58(88)72-46(31-76)55(65)85/h10-17,32-35,38-40,44-47,53-54,75-78,94H,6-9,18-31H2,1-5H3,(H2,64,84)(H2,65,85)(H,69,90)(H,70,89)(H,71,86)(H,72,88)(H,73,87)(H,92,93)(H4,66,67,68)/t33-,34+,35+,38+,39+,40-,44-,45-,46-,47-,53+,54+/m0/s1. The first-order valence-corrected chi connectivity index (χ1v) is 31.4. The summed E-state index contributed by atoms with van der Waals surface area (Å²) in [6, 6.07) is 4.10. The fourth-order valence-electron chi connectivity index (χ4n) is 10.6. The van der Waals surface area contributed by atoms with Crippen molar-refractivity contribution in [1.82, 2.24) is 31.5 Å². The van der Waals surface area contributed by atoms with Crippen LogP contribution >= 0.6 is 12.6 Å². The summed E-state index contributed by atoms with van der Waals surface area (Å²) >= 11 is 4.02. The summed E-state index contributed by atoms with van der Waals surface area (Å²) in [7, 11) is 0. The van der Waals surface area contributed by atoms with Crippen molar-refractivity contribution in [3.8, 4) is 11.5 Å². The van der Waals surface area contributed by atoms with E-state index in [1.54, 1.807) is 19.1 Å². The summed E-state index contributed by atoms with van der Waals surface area (Å²) < 4.78 is 0. The molecule has 0 unspecified atom stereocenters. The van der Waals surface area contributed by atoms with Crippen LogP contribution in [0.2, 0.25) is 0 Å². The number of aliphatic hydroxyl groups excluding tert-OH is 2. The molecule has 0 aromatic heterocycles. The fourth-order valence-corrected chi connectivity index (χ4v) is 10.9. The number of aliphatic imine (C=N–C) groups is 1. The maximum absolute atomic E-state index is 14.1. The molecule has 2 aromatic rings. The summed E-state index contributed by atoms with van der Waals surface area (Å²) in [4.78, 5) is 192. The van der Waals surface area contributed by atoms with Gasteiger partial charge in [-0.15, -0.1) is 0 Å². The molecule has 0 aliphatic carbocycles. The number of Topliss-reactive ketones (excluding diaryl/α,β-unsaturated/α-hetero) is 5. The van der Waals surface area contributed by atoms with Crippen molar-refractivity contribution >= 4 is 101 Å². The Kier molecular flexibility index (Phi) is 32.9. The van der Waals surface area contributed by atoms with E-state index >= 15 is 0 Å². The molecule has 0 radical (unpaired) electrons. The van der Waals surface area contributed by atoms with Crippen molar-refractivity contribution in [1.29, 1.82) is 0 Å². The van der Waals surface area contributed by atoms with Gasteiger partial charge in [0.1, 0.15) is 40.7 Å². The lowest BCUT2D eigenvalue weighted by atomic mass is 9.86. The van der Waals surface area contributed by atoms with Gasteiger partial charge in [0.05, 0.1) is 44.2 Å². The van der Waals surface area contributed by atoms with Crippen LogP contribution in [0.3, 0.4) is 0 Å². The molecule has 18 N–H and O–H groups in total. The Balaban J connectivity index is 1.73. The molecule has 1 saturated heterocycles. The van der Waals surface area contributed by atoms with E-state index in [1.165, 1.54) is 50.2 Å². The number of carboxylic acids is 1. The molecule has 31 heteroatoms. The second-order valence-corrected chi connectivity index (χ2v) is 24.9. The number of ketones is 5. The number of carbonyl (C=O) groups excluding carboxylic acids is 13. The minimum atomic E-state index is -2.01. The van der Waals surface area contributed by atoms with E-state index in [1.807, 2.05) is 13.8 Å². The first-order chi connectivity index (χ1) is 44.1. The van der Waals surface area contributed by atoms with E-state index in [-0.39, 0.29) is 93.1 Å². The Labute approximate surface area is 549 Å². The number of phenols is 2. The number of carbonyl (C=O) groups is 14. The van der Waals surface area contributed by atoms with Gasteiger partial charge >= 0.3 is 5.97 Å². The third kappa shape index (κ3) is 26.6. The quantitative estimate of drug-likeness (QED) is 0.0152. The van der Waals surface area contributed by atoms with Gasteiger partial charge < -0.3 is 80.0 Å². The van der Waals surface area contributed by atoms with Gasteiger partial charge in [-0.3, -0.25) is 72.1 Å². The number of nitrogens with zero attached hydrogens (tertiary/aromatic N) is 2. The van der Waals surface area contributed by atoms with E-state index in [9.17, 15) is 92.7 Å². The normalized spacial score (nSPS) is 16.4. The Morgan fingerprint density at radius 2 is 1.10 bits per heavy atom. The van der Waals surface area contributed by atoms with Crippen LogP contribution in [0.15, 0.2) is 53.5 Å². The number of phenolic OH excluding ortho intramolecular Hbond substituents is 2. The number of aromatic hydroxyl groups is 2. The van der Waals surface area contributed by atoms with Crippen LogP contribution in [0.25, 0.3) is 0 Å². The number of aliphatic hydroxyl groups is 2. The van der Waals surface area contributed by atoms with Crippen molar-refractivity contribution in [2.24, 2.45) is 69.4 Å². The first kappa shape index (κ1) is 79.4. The Morgan fingerprint density at radius 1 is 0.596 bits per heavy atom. The molecule has 518 valence electrons. The number of thiol groups is 1. The topological polar surface area (TPSA) is 520 Å². The van der Waals surface area contributed by atoms with Crippen LogP contribution in [-0.4, -0.2) is 187 Å². The fraction of sp³-hybridized carbons (Fsp3) is 0.571. The third-order valence-electron chi connectivity index (χ3n) is 15.9. The zero-order valence-electron chi connectivity index (χ0n) is 53.5. The lowest BCUT2D eigenvalue weighted by Crippen LogP contribution is -2.53. The largest absolute Gasteiger partial charge is 0.508 e. The van der Waals surface area contributed by atoms with E-state index in [0.717, 1.165) is 4.90 Å². The number of hydrogen-bond acceptors (Lipinski definition) is 20. The van der Waals surface area contributed by atoms with Crippen molar-refractivity contribution in [2.45, 2.75) is 154 Å². The maximum Gasteiger partial charge on any atom is 0.318 e. The minimum Gasteiger partial charge on any atom is -0.508 e. The molecule has 1 aliphatic heterocycles. The SMILES string of the molecule is CC(C)C[C@H](C)C(=O)C[C@@H](Cc1ccc(O)cc1)C(=O)N[C@@H](CCCN=C(N)N)C(=O)C[C@@H](C)C(=O)N[C@@H](CC(N)=O)C(=O)C[C@@H](C)C(=O)N[C@H](C(=O)C[C@@H](CO)C(=O)N1CCC[C@H]1C(=O)NCC(=O)C[C@@H](Cc1ccc(O)cc1)C(=O)N[C@@H](CO)C(N)=O)[C@@H](S)C(=O)O. The number of rotatable bonds is 43. The number of amides is 8. The third-order valence-corrected chi connectivity index (χ3v) is 16.4. The lowest BCUT2D eigenvalue weighted by Gasteiger charge is -2.29. The van der Waals surface area contributed by atoms with Gasteiger partial charge in [0, 0.05) is 74.8 Å². The average molecular weight is 1340 g/mol. The van der Waals surface area contributed by atoms with Crippen LogP contribution in [0, 0.1) is 41.4 Å². The van der Waals surface area contributed by atoms with Gasteiger partial charge in [-0.1, -0.05) is 58.9 Å². The Morgan fingerprint density at radius 3 is 1.59 bits per heavy atom. The number of benzene rings is 2. The van der Waals surface area contributed by atoms with Gasteiger partial charge in [-0.05, 0) is 86.3 Å². The van der Waals surface area contributed by atoms with Gasteiger partial charge in [0.15, 0.2) is 29.1 Å². The number of primary amides is 2. The second-order valence-electron chi connectivity index (χ2n) is 24.3. The Bertz CT molecular complexity index is 3050. The van der Waals surface area contributed by atoms with Gasteiger partial charge in [0.2, 0.25) is 47.3 Å². The molecule has 3 rings (SSSR count). The number of guanidine groups is 1. The number of nitrogens with two attached hydrogens (primary N) is 4. The second kappa shape index (κ2) is 39.0. The molecule has 0 bridgehead atoms. The van der Waals surface area contributed by atoms with Crippen LogP contribution in [0.4, 0.5) is 0 Å². The van der Waals surface area contributed by atoms with Crippen LogP contribution in [0.5, 0.6) is 11.5 Å². The molecule has 12 atom stereocenters. The highest BCUT2D eigenvalue weighted by Crippen LogP contribution is 2.26. The number of aliphatic carboxylic acids is 1. The van der Waals surface area contributed by atoms with Gasteiger partial charge in [-0.25, -0.2) is 0 Å². The highest BCUT2D eigenvalue weighted by Gasteiger charge is 2.41. The zero-order valence-corrected chi connectivity index (χ0v) is 54.3. The molecule has 1 aliphatic rings. The number of hydrogen-bond donors (Lipinski definition) is 15. The van der Waals surface area contributed by atoms with Gasteiger partial charge in [-0.2, -0.15) is 12.6 Å². The molecule has 94 heavy (non-hydrogen) atoms. The van der Waals surface area contributed by atoms with Crippen LogP contribution < -0.4 is 49.5 Å². The monoisotopic (exact) mass is 1340 g/mol. The summed E-state index contributed by atoms with van der Waals surface area (Å²) in [5, 5.41) is 59.6. The molecule has 30 nitrogen and oxygen atoms in total. The van der Waals surface area contributed by atoms with E-state index in [4.69, 9.17) is 22.9 Å². The van der Waals surface area contributed by atoms with Crippen molar-refractivity contribution in [3.05, 3.63) is 59.7 Å². The van der Waals surface area contributed by atoms with Crippen molar-refractivity contribution < 1.29 is 92.7 Å². The van der Waals surface area contributed by atoms with Gasteiger partial charge in [0.25, 0.3) is 0 Å². The van der Waals surface area contributed by atoms with E-state index in [0.29, 0.717) is 17.5 Å². The van der Waals surface area contributed by atoms with Crippen molar-refractivity contribution in [3.63, 3.8) is 0 Å². The summed E-state index contributed by atoms with van der Waals surface area (Å²) in [6.45, 7) is 5.74. The predicted octanol–water partition coefficient (Wildman–Crippen LogP) is -1.69. The lowest BCUT2D eigenvalue weighted by molar-refractivity contribution is -0.145. The number of nitrogens with one attached hydrogen (secondary N) is 5. The molecular weight excluding hydrogens is 1250 g/mol. The predicted molar refractivity (Wildman–Crippen MR) is 342 cm³/mol. The highest BCUT2D eigenvalue weighted by molar-refractivity contribution is 7.81. The molecule has 1 fully saturated rings. The first-order valence-electron chi connectivity index (χ1n) is 30.9. The number of likely N-dealkylation sites (tertiary alicyclic amines) is 1. The Hall–Kier alpha value is -8.84. The average Bonchev–Trinajstić information content (AvgIpc) is 1.60. The van der Waals surface area contributed by atoms with Crippen molar-refractivity contribution in [2.75, 3.05) is 32.8 Å². The van der Waals surface area contributed by atoms with E-state index in [2.05, 4.69) is 44.2 Å². The molecule has 0 saturated carbocycles. The summed E-state index contributed by atoms with van der Waals surface area (Å²) in [5.41, 5.74) is 22.8. The highest BCUT2D eigenvalue weighted by atomic mass is 32.1. The molecular formula is C63H91N11O19S. The summed E-state index contributed by atoms with van der Waals surface area (Å²) in [6.07, 6.45) is -2.60. The molecule has 0 spiro atoms. The molecule has 2 aromatic carbocycles. The minimum absolute atomic E-state index is 0.0154. The zero-order chi connectivity index (χ0) is 70.7. The molecule has 8 amide bonds. The van der Waals surface area contributed by atoms with Crippen LogP contribution in [0.1, 0.15) is 116 Å². The maximum atomic E-state index is 14.1. The van der Waals surface area contributed by atoms with Crippen LogP contribution in [-0.2, 0) is 80.0 Å².